The largest absolute Gasteiger partial charge is 0.480 e. The van der Waals surface area contributed by atoms with Gasteiger partial charge in [-0.25, -0.2) is 4.79 Å². The number of hydrogen-bond acceptors (Lipinski definition) is 2. The first-order valence-corrected chi connectivity index (χ1v) is 6.94. The van der Waals surface area contributed by atoms with Gasteiger partial charge in [-0.1, -0.05) is 6.07 Å². The summed E-state index contributed by atoms with van der Waals surface area (Å²) in [7, 11) is 0. The van der Waals surface area contributed by atoms with Gasteiger partial charge in [0.25, 0.3) is 5.91 Å². The van der Waals surface area contributed by atoms with E-state index >= 15 is 0 Å². The summed E-state index contributed by atoms with van der Waals surface area (Å²) in [5.74, 6) is -1.14. The Bertz CT molecular complexity index is 664. The Labute approximate surface area is 122 Å². The van der Waals surface area contributed by atoms with E-state index in [4.69, 9.17) is 0 Å². The van der Waals surface area contributed by atoms with Gasteiger partial charge in [-0.2, -0.15) is 0 Å². The summed E-state index contributed by atoms with van der Waals surface area (Å²) in [4.78, 5) is 25.2. The second kappa shape index (κ2) is 5.44. The van der Waals surface area contributed by atoms with Gasteiger partial charge in [-0.15, -0.1) is 0 Å². The van der Waals surface area contributed by atoms with Gasteiger partial charge in [0, 0.05) is 30.2 Å². The van der Waals surface area contributed by atoms with Gasteiger partial charge < -0.3 is 14.6 Å². The Balaban J connectivity index is 1.88. The highest BCUT2D eigenvalue weighted by atomic mass is 16.4. The topological polar surface area (TPSA) is 62.5 Å². The second-order valence-electron chi connectivity index (χ2n) is 5.14. The van der Waals surface area contributed by atoms with E-state index in [-0.39, 0.29) is 5.91 Å². The summed E-state index contributed by atoms with van der Waals surface area (Å²) in [5.41, 5.74) is 1.41. The predicted octanol–water partition coefficient (Wildman–Crippen LogP) is 2.17. The number of nitrogens with zero attached hydrogens (tertiary/aromatic N) is 2. The molecule has 21 heavy (non-hydrogen) atoms. The van der Waals surface area contributed by atoms with Crippen LogP contribution in [0.15, 0.2) is 48.8 Å². The number of carboxylic acids is 1. The molecule has 1 aromatic heterocycles. The molecule has 1 aliphatic rings. The third-order valence-electron chi connectivity index (χ3n) is 3.79. The van der Waals surface area contributed by atoms with Gasteiger partial charge in [0.2, 0.25) is 0 Å². The Morgan fingerprint density at radius 2 is 1.90 bits per heavy atom. The molecule has 1 aliphatic heterocycles. The van der Waals surface area contributed by atoms with Crippen LogP contribution in [-0.4, -0.2) is 39.0 Å². The molecule has 1 aromatic carbocycles. The number of amides is 1. The number of aromatic nitrogens is 1. The number of hydrogen-bond donors (Lipinski definition) is 1. The van der Waals surface area contributed by atoms with Crippen molar-refractivity contribution in [3.05, 3.63) is 54.4 Å². The molecule has 0 bridgehead atoms. The van der Waals surface area contributed by atoms with Crippen molar-refractivity contribution in [1.82, 2.24) is 9.47 Å². The van der Waals surface area contributed by atoms with Crippen LogP contribution in [0.3, 0.4) is 0 Å². The minimum absolute atomic E-state index is 0.214. The lowest BCUT2D eigenvalue weighted by Crippen LogP contribution is -2.40. The number of aliphatic carboxylic acids is 1. The van der Waals surface area contributed by atoms with Crippen LogP contribution in [0, 0.1) is 0 Å². The van der Waals surface area contributed by atoms with Crippen molar-refractivity contribution in [2.45, 2.75) is 18.9 Å². The van der Waals surface area contributed by atoms with E-state index in [0.29, 0.717) is 18.5 Å². The fraction of sp³-hybridized carbons (Fsp3) is 0.250. The minimum atomic E-state index is -0.928. The Hall–Kier alpha value is -2.56. The van der Waals surface area contributed by atoms with Gasteiger partial charge in [0.05, 0.1) is 0 Å². The van der Waals surface area contributed by atoms with Crippen molar-refractivity contribution in [1.29, 1.82) is 0 Å². The molecule has 5 heteroatoms. The first kappa shape index (κ1) is 13.4. The fourth-order valence-corrected chi connectivity index (χ4v) is 2.74. The van der Waals surface area contributed by atoms with E-state index in [1.54, 1.807) is 12.1 Å². The molecule has 0 unspecified atom stereocenters. The summed E-state index contributed by atoms with van der Waals surface area (Å²) in [6.45, 7) is 0.504. The van der Waals surface area contributed by atoms with Crippen molar-refractivity contribution in [3.63, 3.8) is 0 Å². The molecule has 0 spiro atoms. The lowest BCUT2D eigenvalue weighted by atomic mass is 10.1. The van der Waals surface area contributed by atoms with Crippen LogP contribution < -0.4 is 0 Å². The van der Waals surface area contributed by atoms with E-state index in [1.807, 2.05) is 41.2 Å². The molecule has 1 N–H and O–H groups in total. The normalized spacial score (nSPS) is 17.9. The predicted molar refractivity (Wildman–Crippen MR) is 77.5 cm³/mol. The van der Waals surface area contributed by atoms with Gasteiger partial charge in [0.15, 0.2) is 0 Å². The standard InChI is InChI=1S/C16H16N2O3/c19-15(18-10-4-7-14(18)16(20)21)12-5-3-6-13(11-12)17-8-1-2-9-17/h1-3,5-6,8-9,11,14H,4,7,10H2,(H,20,21)/t14-/m1/s1. The maximum Gasteiger partial charge on any atom is 0.326 e. The number of benzene rings is 1. The zero-order valence-corrected chi connectivity index (χ0v) is 11.5. The average Bonchev–Trinajstić information content (AvgIpc) is 3.17. The van der Waals surface area contributed by atoms with Crippen molar-refractivity contribution in [2.75, 3.05) is 6.54 Å². The molecule has 0 radical (unpaired) electrons. The average molecular weight is 284 g/mol. The lowest BCUT2D eigenvalue weighted by molar-refractivity contribution is -0.141. The molecular weight excluding hydrogens is 268 g/mol. The molecule has 1 saturated heterocycles. The van der Waals surface area contributed by atoms with Crippen molar-refractivity contribution in [2.24, 2.45) is 0 Å². The Kier molecular flexibility index (Phi) is 3.48. The van der Waals surface area contributed by atoms with Crippen LogP contribution in [0.1, 0.15) is 23.2 Å². The van der Waals surface area contributed by atoms with E-state index in [1.165, 1.54) is 4.90 Å². The number of likely N-dealkylation sites (tertiary alicyclic amines) is 1. The highest BCUT2D eigenvalue weighted by molar-refractivity contribution is 5.97. The first-order chi connectivity index (χ1) is 10.2. The van der Waals surface area contributed by atoms with E-state index in [0.717, 1.165) is 12.1 Å². The molecular formula is C16H16N2O3. The number of rotatable bonds is 3. The zero-order chi connectivity index (χ0) is 14.8. The summed E-state index contributed by atoms with van der Waals surface area (Å²) in [5, 5.41) is 9.19. The van der Waals surface area contributed by atoms with Gasteiger partial charge in [0.1, 0.15) is 6.04 Å². The maximum atomic E-state index is 12.5. The van der Waals surface area contributed by atoms with Crippen LogP contribution in [0.2, 0.25) is 0 Å². The summed E-state index contributed by atoms with van der Waals surface area (Å²) in [6.07, 6.45) is 5.07. The van der Waals surface area contributed by atoms with E-state index < -0.39 is 12.0 Å². The van der Waals surface area contributed by atoms with E-state index in [9.17, 15) is 14.7 Å². The van der Waals surface area contributed by atoms with Crippen LogP contribution >= 0.6 is 0 Å². The van der Waals surface area contributed by atoms with Crippen LogP contribution in [0.25, 0.3) is 5.69 Å². The van der Waals surface area contributed by atoms with Gasteiger partial charge >= 0.3 is 5.97 Å². The first-order valence-electron chi connectivity index (χ1n) is 6.94. The van der Waals surface area contributed by atoms with Crippen LogP contribution in [0.5, 0.6) is 0 Å². The molecule has 1 fully saturated rings. The molecule has 1 atom stereocenters. The summed E-state index contributed by atoms with van der Waals surface area (Å²) < 4.78 is 1.91. The minimum Gasteiger partial charge on any atom is -0.480 e. The van der Waals surface area contributed by atoms with Crippen LogP contribution in [-0.2, 0) is 4.79 Å². The highest BCUT2D eigenvalue weighted by Gasteiger charge is 2.34. The molecule has 108 valence electrons. The number of carboxylic acid groups (broad SMARTS) is 1. The van der Waals surface area contributed by atoms with E-state index in [2.05, 4.69) is 0 Å². The Morgan fingerprint density at radius 1 is 1.14 bits per heavy atom. The van der Waals surface area contributed by atoms with Crippen molar-refractivity contribution >= 4 is 11.9 Å². The Morgan fingerprint density at radius 3 is 2.62 bits per heavy atom. The highest BCUT2D eigenvalue weighted by Crippen LogP contribution is 2.21. The fourth-order valence-electron chi connectivity index (χ4n) is 2.74. The van der Waals surface area contributed by atoms with Crippen LogP contribution in [0.4, 0.5) is 0 Å². The van der Waals surface area contributed by atoms with Gasteiger partial charge in [-0.3, -0.25) is 4.79 Å². The monoisotopic (exact) mass is 284 g/mol. The molecule has 2 heterocycles. The number of carbonyl (C=O) groups excluding carboxylic acids is 1. The lowest BCUT2D eigenvalue weighted by Gasteiger charge is -2.21. The van der Waals surface area contributed by atoms with Crippen molar-refractivity contribution in [3.8, 4) is 5.69 Å². The molecule has 0 saturated carbocycles. The smallest absolute Gasteiger partial charge is 0.326 e. The van der Waals surface area contributed by atoms with Gasteiger partial charge in [-0.05, 0) is 43.2 Å². The quantitative estimate of drug-likeness (QED) is 0.939. The summed E-state index contributed by atoms with van der Waals surface area (Å²) in [6, 6.07) is 10.4. The number of carbonyl (C=O) groups is 2. The zero-order valence-electron chi connectivity index (χ0n) is 11.5. The molecule has 5 nitrogen and oxygen atoms in total. The second-order valence-corrected chi connectivity index (χ2v) is 5.14. The molecule has 2 aromatic rings. The third kappa shape index (κ3) is 2.54. The SMILES string of the molecule is O=C(O)[C@H]1CCCN1C(=O)c1cccc(-n2cccc2)c1. The third-order valence-corrected chi connectivity index (χ3v) is 3.79. The molecule has 0 aliphatic carbocycles. The summed E-state index contributed by atoms with van der Waals surface area (Å²) >= 11 is 0. The maximum absolute atomic E-state index is 12.5. The molecule has 3 rings (SSSR count). The molecule has 1 amide bonds. The van der Waals surface area contributed by atoms with Crippen molar-refractivity contribution < 1.29 is 14.7 Å².